The third-order valence-electron chi connectivity index (χ3n) is 3.91. The van der Waals surface area contributed by atoms with Crippen molar-refractivity contribution in [2.45, 2.75) is 103 Å². The van der Waals surface area contributed by atoms with E-state index in [0.717, 1.165) is 0 Å². The van der Waals surface area contributed by atoms with Crippen LogP contribution in [0.4, 0.5) is 0 Å². The molecule has 0 unspecified atom stereocenters. The van der Waals surface area contributed by atoms with Crippen LogP contribution in [0.3, 0.4) is 0 Å². The van der Waals surface area contributed by atoms with Crippen molar-refractivity contribution < 1.29 is 0 Å². The molecule has 0 heterocycles. The first kappa shape index (κ1) is 19.4. The lowest BCUT2D eigenvalue weighted by molar-refractivity contribution is 0.623. The van der Waals surface area contributed by atoms with Crippen molar-refractivity contribution in [3.63, 3.8) is 0 Å². The molecule has 116 valence electrons. The van der Waals surface area contributed by atoms with Crippen LogP contribution in [0.25, 0.3) is 0 Å². The largest absolute Gasteiger partial charge is 0.369 e. The van der Waals surface area contributed by atoms with E-state index in [-0.39, 0.29) is 19.4 Å². The molecule has 0 aliphatic heterocycles. The van der Waals surface area contributed by atoms with Crippen molar-refractivity contribution in [2.75, 3.05) is 0 Å². The van der Waals surface area contributed by atoms with E-state index in [4.69, 9.17) is 0 Å². The Kier molecular flexibility index (Phi) is 18.8. The summed E-state index contributed by atoms with van der Waals surface area (Å²) in [6.07, 6.45) is 17.6. The fourth-order valence-electron chi connectivity index (χ4n) is 2.54. The molecule has 0 aliphatic rings. The van der Waals surface area contributed by atoms with Gasteiger partial charge in [0.2, 0.25) is 0 Å². The topological polar surface area (TPSA) is 12.0 Å². The average Bonchev–Trinajstić information content (AvgIpc) is 2.43. The fraction of sp³-hybridized carbons (Fsp3) is 1.00. The van der Waals surface area contributed by atoms with Crippen molar-refractivity contribution in [3.05, 3.63) is 0 Å². The minimum absolute atomic E-state index is 0.136. The summed E-state index contributed by atoms with van der Waals surface area (Å²) in [5, 5.41) is 0. The summed E-state index contributed by atoms with van der Waals surface area (Å²) in [6, 6.07) is 3.10. The highest BCUT2D eigenvalue weighted by atomic mass is 28.3. The molecule has 0 saturated carbocycles. The van der Waals surface area contributed by atoms with Gasteiger partial charge < -0.3 is 4.65 Å². The zero-order valence-corrected chi connectivity index (χ0v) is 16.6. The second-order valence-electron chi connectivity index (χ2n) is 5.99. The Morgan fingerprint density at radius 1 is 0.526 bits per heavy atom. The molecule has 0 spiro atoms. The minimum Gasteiger partial charge on any atom is -0.369 e. The fourth-order valence-corrected chi connectivity index (χ4v) is 6.75. The van der Waals surface area contributed by atoms with Crippen LogP contribution in [-0.4, -0.2) is 19.4 Å². The Labute approximate surface area is 127 Å². The molecule has 1 nitrogen and oxygen atoms in total. The van der Waals surface area contributed by atoms with Gasteiger partial charge in [0.15, 0.2) is 0 Å². The van der Waals surface area contributed by atoms with Gasteiger partial charge >= 0.3 is 0 Å². The molecule has 0 aromatic carbocycles. The Balaban J connectivity index is 2.88. The third kappa shape index (κ3) is 18.4. The Morgan fingerprint density at radius 2 is 0.895 bits per heavy atom. The SMILES string of the molecule is CCCCCCCC[SiH2]N[SiH2]CCCCCCCC. The van der Waals surface area contributed by atoms with Gasteiger partial charge in [-0.1, -0.05) is 103 Å². The summed E-state index contributed by atoms with van der Waals surface area (Å²) < 4.78 is 3.87. The molecule has 0 fully saturated rings. The maximum absolute atomic E-state index is 3.87. The van der Waals surface area contributed by atoms with Gasteiger partial charge in [0, 0.05) is 0 Å². The summed E-state index contributed by atoms with van der Waals surface area (Å²) >= 11 is 0. The van der Waals surface area contributed by atoms with E-state index in [0.29, 0.717) is 0 Å². The molecule has 0 aromatic heterocycles. The van der Waals surface area contributed by atoms with E-state index >= 15 is 0 Å². The zero-order valence-electron chi connectivity index (χ0n) is 13.8. The van der Waals surface area contributed by atoms with Crippen LogP contribution in [0.5, 0.6) is 0 Å². The Hall–Kier alpha value is 0.394. The number of hydrogen-bond donors (Lipinski definition) is 1. The molecule has 0 rings (SSSR count). The van der Waals surface area contributed by atoms with Gasteiger partial charge in [-0.3, -0.25) is 0 Å². The number of rotatable bonds is 16. The monoisotopic (exact) mass is 301 g/mol. The van der Waals surface area contributed by atoms with Crippen LogP contribution < -0.4 is 4.65 Å². The molecule has 1 N–H and O–H groups in total. The summed E-state index contributed by atoms with van der Waals surface area (Å²) in [6.45, 7) is 4.59. The molecule has 0 saturated heterocycles. The Morgan fingerprint density at radius 3 is 1.32 bits per heavy atom. The predicted octanol–water partition coefficient (Wildman–Crippen LogP) is 4.30. The molecular formula is C16H39NSi2. The summed E-state index contributed by atoms with van der Waals surface area (Å²) in [7, 11) is 0.272. The van der Waals surface area contributed by atoms with Crippen LogP contribution in [-0.2, 0) is 0 Å². The van der Waals surface area contributed by atoms with Crippen molar-refractivity contribution in [3.8, 4) is 0 Å². The molecular weight excluding hydrogens is 262 g/mol. The number of unbranched alkanes of at least 4 members (excludes halogenated alkanes) is 10. The molecule has 19 heavy (non-hydrogen) atoms. The van der Waals surface area contributed by atoms with Crippen molar-refractivity contribution in [1.82, 2.24) is 4.65 Å². The van der Waals surface area contributed by atoms with Crippen LogP contribution in [0.1, 0.15) is 90.9 Å². The van der Waals surface area contributed by atoms with Crippen LogP contribution >= 0.6 is 0 Å². The lowest BCUT2D eigenvalue weighted by Crippen LogP contribution is -2.23. The van der Waals surface area contributed by atoms with Crippen LogP contribution in [0.15, 0.2) is 0 Å². The lowest BCUT2D eigenvalue weighted by atomic mass is 10.1. The van der Waals surface area contributed by atoms with Gasteiger partial charge in [0.1, 0.15) is 0 Å². The second kappa shape index (κ2) is 18.4. The quantitative estimate of drug-likeness (QED) is 0.331. The molecule has 0 atom stereocenters. The van der Waals surface area contributed by atoms with E-state index in [9.17, 15) is 0 Å². The van der Waals surface area contributed by atoms with Crippen molar-refractivity contribution in [2.24, 2.45) is 0 Å². The first-order valence-corrected chi connectivity index (χ1v) is 12.5. The summed E-state index contributed by atoms with van der Waals surface area (Å²) in [5.41, 5.74) is 0. The molecule has 0 radical (unpaired) electrons. The maximum atomic E-state index is 3.87. The molecule has 0 amide bonds. The first-order valence-electron chi connectivity index (χ1n) is 9.12. The van der Waals surface area contributed by atoms with Crippen molar-refractivity contribution >= 4 is 19.4 Å². The summed E-state index contributed by atoms with van der Waals surface area (Å²) in [4.78, 5) is 0. The number of hydrogen-bond acceptors (Lipinski definition) is 1. The van der Waals surface area contributed by atoms with Gasteiger partial charge in [-0.25, -0.2) is 0 Å². The predicted molar refractivity (Wildman–Crippen MR) is 96.6 cm³/mol. The minimum atomic E-state index is 0.136. The highest BCUT2D eigenvalue weighted by Gasteiger charge is 1.94. The molecule has 0 aliphatic carbocycles. The Bertz CT molecular complexity index is 138. The van der Waals surface area contributed by atoms with E-state index in [1.165, 1.54) is 77.0 Å². The van der Waals surface area contributed by atoms with E-state index in [1.54, 1.807) is 12.1 Å². The van der Waals surface area contributed by atoms with Gasteiger partial charge in [0.25, 0.3) is 0 Å². The number of nitrogens with one attached hydrogen (secondary N) is 1. The van der Waals surface area contributed by atoms with E-state index in [2.05, 4.69) is 18.5 Å². The van der Waals surface area contributed by atoms with Crippen LogP contribution in [0.2, 0.25) is 12.1 Å². The standard InChI is InChI=1S/C16H39NSi2/c1-3-5-7-9-11-13-15-18-17-19-16-14-12-10-8-6-4-2/h17H,3-16,18-19H2,1-2H3. The second-order valence-corrected chi connectivity index (χ2v) is 10.4. The van der Waals surface area contributed by atoms with Gasteiger partial charge in [-0.2, -0.15) is 0 Å². The summed E-state index contributed by atoms with van der Waals surface area (Å²) in [5.74, 6) is 0. The normalized spacial score (nSPS) is 12.3. The highest BCUT2D eigenvalue weighted by Crippen LogP contribution is 2.07. The van der Waals surface area contributed by atoms with Crippen LogP contribution in [0, 0.1) is 0 Å². The lowest BCUT2D eigenvalue weighted by Gasteiger charge is -2.04. The third-order valence-corrected chi connectivity index (χ3v) is 8.45. The van der Waals surface area contributed by atoms with Gasteiger partial charge in [-0.15, -0.1) is 0 Å². The maximum Gasteiger partial charge on any atom is 0.0844 e. The van der Waals surface area contributed by atoms with E-state index in [1.807, 2.05) is 0 Å². The van der Waals surface area contributed by atoms with Gasteiger partial charge in [0.05, 0.1) is 19.4 Å². The van der Waals surface area contributed by atoms with E-state index < -0.39 is 0 Å². The molecule has 0 aromatic rings. The zero-order chi connectivity index (χ0) is 14.0. The molecule has 3 heteroatoms. The molecule has 0 bridgehead atoms. The van der Waals surface area contributed by atoms with Gasteiger partial charge in [-0.05, 0) is 0 Å². The highest BCUT2D eigenvalue weighted by molar-refractivity contribution is 6.50. The smallest absolute Gasteiger partial charge is 0.0844 e. The average molecular weight is 302 g/mol. The van der Waals surface area contributed by atoms with Crippen molar-refractivity contribution in [1.29, 1.82) is 0 Å². The first-order chi connectivity index (χ1) is 9.41.